The molecule has 0 unspecified atom stereocenters. The number of fused-ring (bicyclic) bond motifs is 1. The summed E-state index contributed by atoms with van der Waals surface area (Å²) in [4.78, 5) is 16.2. The maximum absolute atomic E-state index is 11.1. The molecule has 0 aliphatic carbocycles. The summed E-state index contributed by atoms with van der Waals surface area (Å²) < 4.78 is 1.75. The fourth-order valence-electron chi connectivity index (χ4n) is 3.90. The van der Waals surface area contributed by atoms with Gasteiger partial charge in [-0.1, -0.05) is 66.7 Å². The molecular formula is C27H25N5O. The lowest BCUT2D eigenvalue weighted by Gasteiger charge is -2.10. The van der Waals surface area contributed by atoms with E-state index in [4.69, 9.17) is 9.97 Å². The van der Waals surface area contributed by atoms with Crippen LogP contribution >= 0.6 is 0 Å². The summed E-state index contributed by atoms with van der Waals surface area (Å²) >= 11 is 0. The normalized spacial score (nSPS) is 11.1. The van der Waals surface area contributed by atoms with E-state index in [0.29, 0.717) is 24.2 Å². The third-order valence-electron chi connectivity index (χ3n) is 5.64. The molecule has 0 atom stereocenters. The third-order valence-corrected chi connectivity index (χ3v) is 5.64. The highest BCUT2D eigenvalue weighted by Crippen LogP contribution is 2.28. The van der Waals surface area contributed by atoms with Gasteiger partial charge >= 0.3 is 0 Å². The van der Waals surface area contributed by atoms with Crippen LogP contribution in [0.4, 0.5) is 5.82 Å². The zero-order valence-electron chi connectivity index (χ0n) is 18.7. The maximum Gasteiger partial charge on any atom is 0.219 e. The number of hydrogen-bond donors (Lipinski definition) is 1. The smallest absolute Gasteiger partial charge is 0.219 e. The van der Waals surface area contributed by atoms with E-state index in [2.05, 4.69) is 17.1 Å². The van der Waals surface area contributed by atoms with Gasteiger partial charge in [0.1, 0.15) is 11.5 Å². The van der Waals surface area contributed by atoms with Crippen LogP contribution in [-0.4, -0.2) is 38.6 Å². The van der Waals surface area contributed by atoms with Crippen molar-refractivity contribution in [3.63, 3.8) is 0 Å². The summed E-state index contributed by atoms with van der Waals surface area (Å²) in [7, 11) is 3.92. The van der Waals surface area contributed by atoms with Gasteiger partial charge in [0.25, 0.3) is 0 Å². The Balaban J connectivity index is 1.59. The molecule has 5 rings (SSSR count). The van der Waals surface area contributed by atoms with Crippen LogP contribution in [0.25, 0.3) is 16.9 Å². The summed E-state index contributed by atoms with van der Waals surface area (Å²) in [6, 6.07) is 24.2. The van der Waals surface area contributed by atoms with Crippen LogP contribution in [-0.2, 0) is 12.8 Å². The minimum atomic E-state index is 0.135. The highest BCUT2D eigenvalue weighted by molar-refractivity contribution is 5.63. The molecule has 6 heteroatoms. The van der Waals surface area contributed by atoms with Gasteiger partial charge in [0.2, 0.25) is 5.88 Å². The summed E-state index contributed by atoms with van der Waals surface area (Å²) in [5.41, 5.74) is 6.02. The molecule has 5 aromatic rings. The Bertz CT molecular complexity index is 1380. The number of aromatic nitrogens is 4. The van der Waals surface area contributed by atoms with Crippen molar-refractivity contribution in [1.82, 2.24) is 19.4 Å². The Morgan fingerprint density at radius 2 is 1.48 bits per heavy atom. The zero-order valence-corrected chi connectivity index (χ0v) is 18.7. The second-order valence-electron chi connectivity index (χ2n) is 8.27. The van der Waals surface area contributed by atoms with E-state index < -0.39 is 0 Å². The van der Waals surface area contributed by atoms with Gasteiger partial charge in [-0.15, -0.1) is 0 Å². The SMILES string of the molecule is CN(C)c1ccc(Cc2nc3c(Cc4ccccc4)nc(-c4ccccc4)cn3c2O)cn1. The van der Waals surface area contributed by atoms with Crippen LogP contribution in [0.5, 0.6) is 5.88 Å². The molecule has 0 aliphatic rings. The number of aromatic hydroxyl groups is 1. The molecule has 0 saturated carbocycles. The second kappa shape index (κ2) is 8.74. The van der Waals surface area contributed by atoms with Gasteiger partial charge in [-0.3, -0.25) is 4.40 Å². The minimum Gasteiger partial charge on any atom is -0.493 e. The predicted octanol–water partition coefficient (Wildman–Crippen LogP) is 4.74. The average molecular weight is 436 g/mol. The largest absolute Gasteiger partial charge is 0.493 e. The standard InChI is InChI=1S/C27H25N5O/c1-31(2)25-14-13-20(17-28-25)16-23-27(33)32-18-24(21-11-7-4-8-12-21)29-22(26(32)30-23)15-19-9-5-3-6-10-19/h3-14,17-18,33H,15-16H2,1-2H3. The molecule has 0 bridgehead atoms. The van der Waals surface area contributed by atoms with Crippen molar-refractivity contribution in [2.24, 2.45) is 0 Å². The minimum absolute atomic E-state index is 0.135. The molecule has 0 fully saturated rings. The van der Waals surface area contributed by atoms with Crippen molar-refractivity contribution >= 4 is 11.5 Å². The Morgan fingerprint density at radius 1 is 0.788 bits per heavy atom. The zero-order chi connectivity index (χ0) is 22.8. The first-order chi connectivity index (χ1) is 16.1. The van der Waals surface area contributed by atoms with Crippen molar-refractivity contribution in [2.75, 3.05) is 19.0 Å². The van der Waals surface area contributed by atoms with E-state index in [1.807, 2.05) is 92.1 Å². The van der Waals surface area contributed by atoms with E-state index >= 15 is 0 Å². The molecule has 0 amide bonds. The summed E-state index contributed by atoms with van der Waals surface area (Å²) in [6.45, 7) is 0. The maximum atomic E-state index is 11.1. The van der Waals surface area contributed by atoms with E-state index in [0.717, 1.165) is 33.9 Å². The van der Waals surface area contributed by atoms with Gasteiger partial charge in [0.15, 0.2) is 5.65 Å². The van der Waals surface area contributed by atoms with Gasteiger partial charge in [0.05, 0.1) is 11.4 Å². The number of rotatable bonds is 6. The molecule has 0 radical (unpaired) electrons. The van der Waals surface area contributed by atoms with Crippen molar-refractivity contribution < 1.29 is 5.11 Å². The second-order valence-corrected chi connectivity index (χ2v) is 8.27. The first-order valence-corrected chi connectivity index (χ1v) is 10.9. The number of benzene rings is 2. The number of imidazole rings is 1. The fraction of sp³-hybridized carbons (Fsp3) is 0.148. The Labute approximate surface area is 192 Å². The summed E-state index contributed by atoms with van der Waals surface area (Å²) in [5, 5.41) is 11.1. The van der Waals surface area contributed by atoms with E-state index in [1.54, 1.807) is 4.40 Å². The third kappa shape index (κ3) is 4.28. The van der Waals surface area contributed by atoms with E-state index in [1.165, 1.54) is 0 Å². The summed E-state index contributed by atoms with van der Waals surface area (Å²) in [5.74, 6) is 1.02. The first-order valence-electron chi connectivity index (χ1n) is 10.9. The molecule has 1 N–H and O–H groups in total. The molecule has 0 spiro atoms. The lowest BCUT2D eigenvalue weighted by molar-refractivity contribution is 0.442. The van der Waals surface area contributed by atoms with Gasteiger partial charge in [0, 0.05) is 44.9 Å². The van der Waals surface area contributed by atoms with Crippen LogP contribution in [0.2, 0.25) is 0 Å². The number of nitrogens with zero attached hydrogens (tertiary/aromatic N) is 5. The molecule has 6 nitrogen and oxygen atoms in total. The van der Waals surface area contributed by atoms with Crippen molar-refractivity contribution in [3.8, 4) is 17.1 Å². The van der Waals surface area contributed by atoms with Crippen LogP contribution in [0.3, 0.4) is 0 Å². The average Bonchev–Trinajstić information content (AvgIpc) is 3.16. The molecule has 33 heavy (non-hydrogen) atoms. The molecule has 0 aliphatic heterocycles. The quantitative estimate of drug-likeness (QED) is 0.417. The Hall–Kier alpha value is -4.19. The predicted molar refractivity (Wildman–Crippen MR) is 131 cm³/mol. The van der Waals surface area contributed by atoms with Gasteiger partial charge < -0.3 is 10.0 Å². The Morgan fingerprint density at radius 3 is 2.15 bits per heavy atom. The van der Waals surface area contributed by atoms with E-state index in [9.17, 15) is 5.11 Å². The van der Waals surface area contributed by atoms with Crippen LogP contribution in [0, 0.1) is 0 Å². The van der Waals surface area contributed by atoms with Gasteiger partial charge in [-0.2, -0.15) is 0 Å². The highest BCUT2D eigenvalue weighted by atomic mass is 16.3. The molecule has 2 aromatic carbocycles. The van der Waals surface area contributed by atoms with Crippen molar-refractivity contribution in [3.05, 3.63) is 108 Å². The van der Waals surface area contributed by atoms with Gasteiger partial charge in [-0.05, 0) is 17.2 Å². The van der Waals surface area contributed by atoms with Crippen molar-refractivity contribution in [2.45, 2.75) is 12.8 Å². The molecule has 3 heterocycles. The van der Waals surface area contributed by atoms with Crippen LogP contribution < -0.4 is 4.90 Å². The van der Waals surface area contributed by atoms with Crippen molar-refractivity contribution in [1.29, 1.82) is 0 Å². The topological polar surface area (TPSA) is 66.6 Å². The number of pyridine rings is 1. The van der Waals surface area contributed by atoms with Gasteiger partial charge in [-0.25, -0.2) is 15.0 Å². The highest BCUT2D eigenvalue weighted by Gasteiger charge is 2.18. The number of hydrogen-bond acceptors (Lipinski definition) is 5. The molecule has 0 saturated heterocycles. The summed E-state index contributed by atoms with van der Waals surface area (Å²) in [6.07, 6.45) is 4.80. The lowest BCUT2D eigenvalue weighted by atomic mass is 10.1. The van der Waals surface area contributed by atoms with Crippen LogP contribution in [0.15, 0.2) is 85.2 Å². The molecule has 3 aromatic heterocycles. The Kier molecular flexibility index (Phi) is 5.48. The fourth-order valence-corrected chi connectivity index (χ4v) is 3.90. The van der Waals surface area contributed by atoms with Crippen LogP contribution in [0.1, 0.15) is 22.5 Å². The lowest BCUT2D eigenvalue weighted by Crippen LogP contribution is -2.10. The first kappa shape index (κ1) is 20.7. The molecule has 164 valence electrons. The van der Waals surface area contributed by atoms with E-state index in [-0.39, 0.29) is 5.88 Å². The monoisotopic (exact) mass is 435 g/mol. The molecular weight excluding hydrogens is 410 g/mol. The number of anilines is 1.